The maximum absolute atomic E-state index is 11.2. The zero-order valence-electron chi connectivity index (χ0n) is 21.8. The maximum Gasteiger partial charge on any atom is 0.328 e. The number of carboxylic acids is 1. The van der Waals surface area contributed by atoms with Crippen LogP contribution in [0.4, 0.5) is 0 Å². The Bertz CT molecular complexity index is 803. The summed E-state index contributed by atoms with van der Waals surface area (Å²) in [5.74, 6) is 2.74. The molecule has 0 aromatic heterocycles. The first-order valence-corrected chi connectivity index (χ1v) is 13.2. The van der Waals surface area contributed by atoms with Gasteiger partial charge < -0.3 is 19.7 Å². The molecule has 0 saturated heterocycles. The van der Waals surface area contributed by atoms with Crippen LogP contribution >= 0.6 is 0 Å². The lowest BCUT2D eigenvalue weighted by molar-refractivity contribution is -0.131. The number of phenolic OH excluding ortho intramolecular Hbond substituents is 1. The number of rotatable bonds is 8. The normalized spacial score (nSPS) is 30.1. The van der Waals surface area contributed by atoms with Crippen molar-refractivity contribution in [3.8, 4) is 17.2 Å². The molecule has 0 radical (unpaired) electrons. The Morgan fingerprint density at radius 3 is 1.71 bits per heavy atom. The molecular formula is C29H44O5. The van der Waals surface area contributed by atoms with Crippen molar-refractivity contribution in [3.05, 3.63) is 23.8 Å². The molecule has 5 nitrogen and oxygen atoms in total. The smallest absolute Gasteiger partial charge is 0.328 e. The number of carboxylic acid groups (broad SMARTS) is 1. The van der Waals surface area contributed by atoms with Gasteiger partial charge in [-0.05, 0) is 85.0 Å². The number of aliphatic carboxylic acids is 1. The molecule has 5 heteroatoms. The third kappa shape index (κ3) is 6.70. The van der Waals surface area contributed by atoms with E-state index >= 15 is 0 Å². The van der Waals surface area contributed by atoms with Crippen LogP contribution in [-0.4, -0.2) is 28.4 Å². The van der Waals surface area contributed by atoms with E-state index in [2.05, 4.69) is 41.5 Å². The SMILES string of the molecule is CC1CCC(C(C)C)C(Oc2cc(C=CC(=O)O)cc(OC3CC(C)CCC3C(C)C)c2O)C1. The average molecular weight is 473 g/mol. The summed E-state index contributed by atoms with van der Waals surface area (Å²) in [6, 6.07) is 3.48. The van der Waals surface area contributed by atoms with Crippen LogP contribution < -0.4 is 9.47 Å². The molecule has 0 bridgehead atoms. The number of carbonyl (C=O) groups is 1. The van der Waals surface area contributed by atoms with Gasteiger partial charge in [0.05, 0.1) is 0 Å². The second kappa shape index (κ2) is 11.5. The van der Waals surface area contributed by atoms with E-state index in [1.54, 1.807) is 12.1 Å². The number of aromatic hydroxyl groups is 1. The summed E-state index contributed by atoms with van der Waals surface area (Å²) in [4.78, 5) is 11.2. The molecule has 34 heavy (non-hydrogen) atoms. The van der Waals surface area contributed by atoms with Crippen LogP contribution in [0.3, 0.4) is 0 Å². The molecule has 2 aliphatic rings. The first-order valence-electron chi connectivity index (χ1n) is 13.2. The lowest BCUT2D eigenvalue weighted by Gasteiger charge is -2.38. The molecule has 2 fully saturated rings. The van der Waals surface area contributed by atoms with Gasteiger partial charge in [-0.1, -0.05) is 54.4 Å². The zero-order chi connectivity index (χ0) is 25.0. The molecule has 0 heterocycles. The highest BCUT2D eigenvalue weighted by Gasteiger charge is 2.35. The van der Waals surface area contributed by atoms with Crippen molar-refractivity contribution in [3.63, 3.8) is 0 Å². The van der Waals surface area contributed by atoms with Gasteiger partial charge in [0.15, 0.2) is 11.5 Å². The van der Waals surface area contributed by atoms with Crippen molar-refractivity contribution in [1.82, 2.24) is 0 Å². The van der Waals surface area contributed by atoms with E-state index in [1.165, 1.54) is 18.9 Å². The predicted octanol–water partition coefficient (Wildman–Crippen LogP) is 7.17. The fraction of sp³-hybridized carbons (Fsp3) is 0.690. The van der Waals surface area contributed by atoms with Gasteiger partial charge in [-0.2, -0.15) is 0 Å². The van der Waals surface area contributed by atoms with Crippen molar-refractivity contribution in [2.45, 2.75) is 92.3 Å². The second-order valence-electron chi connectivity index (χ2n) is 11.5. The van der Waals surface area contributed by atoms with Gasteiger partial charge in [-0.3, -0.25) is 0 Å². The molecule has 2 saturated carbocycles. The topological polar surface area (TPSA) is 76.0 Å². The van der Waals surface area contributed by atoms with E-state index in [9.17, 15) is 9.90 Å². The molecule has 190 valence electrons. The van der Waals surface area contributed by atoms with Gasteiger partial charge in [-0.25, -0.2) is 4.79 Å². The Hall–Kier alpha value is -2.17. The summed E-state index contributed by atoms with van der Waals surface area (Å²) in [6.45, 7) is 13.4. The lowest BCUT2D eigenvalue weighted by Crippen LogP contribution is -2.37. The molecule has 2 N–H and O–H groups in total. The molecule has 0 amide bonds. The average Bonchev–Trinajstić information content (AvgIpc) is 2.75. The van der Waals surface area contributed by atoms with Crippen molar-refractivity contribution in [2.24, 2.45) is 35.5 Å². The molecule has 1 aromatic carbocycles. The fourth-order valence-corrected chi connectivity index (χ4v) is 5.87. The fourth-order valence-electron chi connectivity index (χ4n) is 5.87. The van der Waals surface area contributed by atoms with Crippen LogP contribution in [0, 0.1) is 35.5 Å². The highest BCUT2D eigenvalue weighted by atomic mass is 16.5. The van der Waals surface area contributed by atoms with Gasteiger partial charge in [0, 0.05) is 6.08 Å². The second-order valence-corrected chi connectivity index (χ2v) is 11.5. The quantitative estimate of drug-likeness (QED) is 0.392. The summed E-state index contributed by atoms with van der Waals surface area (Å²) >= 11 is 0. The minimum absolute atomic E-state index is 0.0133. The number of hydrogen-bond donors (Lipinski definition) is 2. The van der Waals surface area contributed by atoms with Gasteiger partial charge in [0.1, 0.15) is 12.2 Å². The summed E-state index contributed by atoms with van der Waals surface area (Å²) in [7, 11) is 0. The van der Waals surface area contributed by atoms with Crippen molar-refractivity contribution in [2.75, 3.05) is 0 Å². The highest BCUT2D eigenvalue weighted by Crippen LogP contribution is 2.44. The molecule has 3 rings (SSSR count). The Kier molecular flexibility index (Phi) is 8.95. The standard InChI is InChI=1S/C29H44O5/c1-17(2)22-10-7-19(5)13-24(22)33-26-15-21(9-12-28(30)31)16-27(29(26)32)34-25-14-20(6)8-11-23(25)18(3)4/h9,12,15-20,22-25,32H,7-8,10-11,13-14H2,1-6H3,(H,30,31). The van der Waals surface area contributed by atoms with Crippen LogP contribution in [0.1, 0.15) is 85.6 Å². The molecule has 2 aliphatic carbocycles. The highest BCUT2D eigenvalue weighted by molar-refractivity contribution is 5.85. The molecular weight excluding hydrogens is 428 g/mol. The number of hydrogen-bond acceptors (Lipinski definition) is 4. The Labute approximate surface area is 205 Å². The molecule has 6 unspecified atom stereocenters. The van der Waals surface area contributed by atoms with E-state index in [-0.39, 0.29) is 18.0 Å². The molecule has 0 aliphatic heterocycles. The Morgan fingerprint density at radius 1 is 0.882 bits per heavy atom. The van der Waals surface area contributed by atoms with Gasteiger partial charge in [0.25, 0.3) is 0 Å². The van der Waals surface area contributed by atoms with Crippen molar-refractivity contribution in [1.29, 1.82) is 0 Å². The summed E-state index contributed by atoms with van der Waals surface area (Å²) in [5, 5.41) is 20.4. The van der Waals surface area contributed by atoms with E-state index in [0.717, 1.165) is 31.8 Å². The van der Waals surface area contributed by atoms with E-state index < -0.39 is 5.97 Å². The predicted molar refractivity (Wildman–Crippen MR) is 136 cm³/mol. The lowest BCUT2D eigenvalue weighted by atomic mass is 9.75. The summed E-state index contributed by atoms with van der Waals surface area (Å²) in [6.07, 6.45) is 9.19. The van der Waals surface area contributed by atoms with Crippen LogP contribution in [0.5, 0.6) is 17.2 Å². The first-order chi connectivity index (χ1) is 16.0. The number of phenols is 1. The minimum atomic E-state index is -1.01. The van der Waals surface area contributed by atoms with Crippen molar-refractivity contribution >= 4 is 12.0 Å². The molecule has 0 spiro atoms. The van der Waals surface area contributed by atoms with Crippen LogP contribution in [0.15, 0.2) is 18.2 Å². The van der Waals surface area contributed by atoms with Gasteiger partial charge in [0.2, 0.25) is 5.75 Å². The Balaban J connectivity index is 1.95. The monoisotopic (exact) mass is 472 g/mol. The minimum Gasteiger partial charge on any atom is -0.502 e. The number of ether oxygens (including phenoxy) is 2. The van der Waals surface area contributed by atoms with Crippen LogP contribution in [0.2, 0.25) is 0 Å². The summed E-state index contributed by atoms with van der Waals surface area (Å²) < 4.78 is 13.0. The zero-order valence-corrected chi connectivity index (χ0v) is 21.8. The Morgan fingerprint density at radius 2 is 1.32 bits per heavy atom. The van der Waals surface area contributed by atoms with Crippen molar-refractivity contribution < 1.29 is 24.5 Å². The van der Waals surface area contributed by atoms with E-state index in [0.29, 0.717) is 52.6 Å². The van der Waals surface area contributed by atoms with E-state index in [4.69, 9.17) is 14.6 Å². The largest absolute Gasteiger partial charge is 0.502 e. The first kappa shape index (κ1) is 26.4. The molecule has 6 atom stereocenters. The third-order valence-corrected chi connectivity index (χ3v) is 7.96. The maximum atomic E-state index is 11.2. The van der Waals surface area contributed by atoms with Crippen LogP contribution in [-0.2, 0) is 4.79 Å². The third-order valence-electron chi connectivity index (χ3n) is 7.96. The van der Waals surface area contributed by atoms with Crippen LogP contribution in [0.25, 0.3) is 6.08 Å². The van der Waals surface area contributed by atoms with Gasteiger partial charge in [-0.15, -0.1) is 0 Å². The van der Waals surface area contributed by atoms with E-state index in [1.807, 2.05) is 0 Å². The number of benzene rings is 1. The molecule has 1 aromatic rings. The van der Waals surface area contributed by atoms with Gasteiger partial charge >= 0.3 is 5.97 Å². The summed E-state index contributed by atoms with van der Waals surface area (Å²) in [5.41, 5.74) is 0.653.